The first kappa shape index (κ1) is 15.5. The van der Waals surface area contributed by atoms with Gasteiger partial charge in [-0.05, 0) is 51.0 Å². The van der Waals surface area contributed by atoms with Gasteiger partial charge in [-0.2, -0.15) is 0 Å². The number of hydrogen-bond donors (Lipinski definition) is 1. The Morgan fingerprint density at radius 2 is 2.11 bits per heavy atom. The van der Waals surface area contributed by atoms with Gasteiger partial charge in [-0.15, -0.1) is 0 Å². The molecule has 0 saturated carbocycles. The first-order valence-corrected chi connectivity index (χ1v) is 7.59. The topological polar surface area (TPSA) is 46.3 Å². The minimum atomic E-state index is 0.351. The molecule has 0 aromatic heterocycles. The molecule has 1 fully saturated rings. The summed E-state index contributed by atoms with van der Waals surface area (Å²) in [6, 6.07) is 0.417. The highest BCUT2D eigenvalue weighted by Crippen LogP contribution is 2.24. The lowest BCUT2D eigenvalue weighted by molar-refractivity contribution is -0.136. The Bertz CT molecular complexity index is 255. The van der Waals surface area contributed by atoms with Crippen LogP contribution in [0.3, 0.4) is 0 Å². The summed E-state index contributed by atoms with van der Waals surface area (Å²) in [6.45, 7) is 8.34. The SMILES string of the molecule is CCC(CCN)CCC(=O)N1CCCC(C)C1C. The summed E-state index contributed by atoms with van der Waals surface area (Å²) < 4.78 is 0. The molecular weight excluding hydrogens is 224 g/mol. The van der Waals surface area contributed by atoms with Crippen molar-refractivity contribution in [2.45, 2.75) is 65.3 Å². The average Bonchev–Trinajstić information content (AvgIpc) is 2.37. The fourth-order valence-corrected chi connectivity index (χ4v) is 2.95. The molecule has 1 heterocycles. The number of amides is 1. The highest BCUT2D eigenvalue weighted by Gasteiger charge is 2.28. The minimum absolute atomic E-state index is 0.351. The van der Waals surface area contributed by atoms with Crippen LogP contribution in [0.1, 0.15) is 59.3 Å². The summed E-state index contributed by atoms with van der Waals surface area (Å²) >= 11 is 0. The van der Waals surface area contributed by atoms with Crippen molar-refractivity contribution in [1.82, 2.24) is 4.90 Å². The Labute approximate surface area is 112 Å². The zero-order chi connectivity index (χ0) is 13.5. The highest BCUT2D eigenvalue weighted by atomic mass is 16.2. The largest absolute Gasteiger partial charge is 0.340 e. The molecule has 1 amide bonds. The quantitative estimate of drug-likeness (QED) is 0.792. The van der Waals surface area contributed by atoms with Crippen LogP contribution in [-0.4, -0.2) is 29.9 Å². The molecule has 0 spiro atoms. The second-order valence-electron chi connectivity index (χ2n) is 5.84. The predicted octanol–water partition coefficient (Wildman–Crippen LogP) is 2.79. The Kier molecular flexibility index (Phi) is 6.69. The first-order chi connectivity index (χ1) is 8.60. The van der Waals surface area contributed by atoms with Gasteiger partial charge in [0.1, 0.15) is 0 Å². The van der Waals surface area contributed by atoms with Crippen molar-refractivity contribution in [2.75, 3.05) is 13.1 Å². The van der Waals surface area contributed by atoms with Gasteiger partial charge in [-0.3, -0.25) is 4.79 Å². The van der Waals surface area contributed by atoms with Gasteiger partial charge in [0.05, 0.1) is 0 Å². The maximum Gasteiger partial charge on any atom is 0.222 e. The van der Waals surface area contributed by atoms with E-state index in [2.05, 4.69) is 25.7 Å². The summed E-state index contributed by atoms with van der Waals surface area (Å²) in [5.41, 5.74) is 5.60. The molecule has 1 rings (SSSR count). The second kappa shape index (κ2) is 7.78. The standard InChI is InChI=1S/C15H30N2O/c1-4-14(9-10-16)7-8-15(18)17-11-5-6-12(2)13(17)3/h12-14H,4-11,16H2,1-3H3. The van der Waals surface area contributed by atoms with Crippen LogP contribution in [0.2, 0.25) is 0 Å². The van der Waals surface area contributed by atoms with Crippen LogP contribution in [0.15, 0.2) is 0 Å². The Morgan fingerprint density at radius 1 is 1.39 bits per heavy atom. The molecule has 3 unspecified atom stereocenters. The summed E-state index contributed by atoms with van der Waals surface area (Å²) in [7, 11) is 0. The van der Waals surface area contributed by atoms with Crippen LogP contribution in [0.4, 0.5) is 0 Å². The van der Waals surface area contributed by atoms with Gasteiger partial charge in [-0.1, -0.05) is 20.3 Å². The normalized spacial score (nSPS) is 26.1. The van der Waals surface area contributed by atoms with Gasteiger partial charge in [0.25, 0.3) is 0 Å². The van der Waals surface area contributed by atoms with Crippen LogP contribution in [0.5, 0.6) is 0 Å². The Morgan fingerprint density at radius 3 is 2.72 bits per heavy atom. The van der Waals surface area contributed by atoms with E-state index < -0.39 is 0 Å². The van der Waals surface area contributed by atoms with E-state index in [-0.39, 0.29) is 0 Å². The molecule has 1 aliphatic rings. The molecule has 0 aliphatic carbocycles. The summed E-state index contributed by atoms with van der Waals surface area (Å²) in [4.78, 5) is 14.4. The van der Waals surface area contributed by atoms with Crippen molar-refractivity contribution in [3.63, 3.8) is 0 Å². The van der Waals surface area contributed by atoms with Gasteiger partial charge in [0, 0.05) is 19.0 Å². The third-order valence-electron chi connectivity index (χ3n) is 4.61. The van der Waals surface area contributed by atoms with E-state index in [9.17, 15) is 4.79 Å². The van der Waals surface area contributed by atoms with Crippen molar-refractivity contribution in [2.24, 2.45) is 17.6 Å². The van der Waals surface area contributed by atoms with Crippen molar-refractivity contribution in [1.29, 1.82) is 0 Å². The van der Waals surface area contributed by atoms with E-state index in [4.69, 9.17) is 5.73 Å². The molecule has 0 bridgehead atoms. The fourth-order valence-electron chi connectivity index (χ4n) is 2.95. The van der Waals surface area contributed by atoms with Crippen molar-refractivity contribution >= 4 is 5.91 Å². The van der Waals surface area contributed by atoms with Crippen LogP contribution >= 0.6 is 0 Å². The van der Waals surface area contributed by atoms with Gasteiger partial charge < -0.3 is 10.6 Å². The number of carbonyl (C=O) groups is 1. The number of hydrogen-bond acceptors (Lipinski definition) is 2. The van der Waals surface area contributed by atoms with E-state index in [1.807, 2.05) is 0 Å². The van der Waals surface area contributed by atoms with Crippen molar-refractivity contribution in [3.8, 4) is 0 Å². The molecule has 3 atom stereocenters. The van der Waals surface area contributed by atoms with Crippen LogP contribution < -0.4 is 5.73 Å². The fraction of sp³-hybridized carbons (Fsp3) is 0.933. The molecule has 2 N–H and O–H groups in total. The van der Waals surface area contributed by atoms with Crippen LogP contribution in [-0.2, 0) is 4.79 Å². The minimum Gasteiger partial charge on any atom is -0.340 e. The zero-order valence-electron chi connectivity index (χ0n) is 12.3. The molecule has 0 aromatic carbocycles. The van der Waals surface area contributed by atoms with Gasteiger partial charge >= 0.3 is 0 Å². The summed E-state index contributed by atoms with van der Waals surface area (Å²) in [5, 5.41) is 0. The molecule has 1 saturated heterocycles. The van der Waals surface area contributed by atoms with Gasteiger partial charge in [-0.25, -0.2) is 0 Å². The highest BCUT2D eigenvalue weighted by molar-refractivity contribution is 5.76. The lowest BCUT2D eigenvalue weighted by atomic mass is 9.91. The van der Waals surface area contributed by atoms with Crippen molar-refractivity contribution < 1.29 is 4.79 Å². The summed E-state index contributed by atoms with van der Waals surface area (Å²) in [5.74, 6) is 1.62. The number of nitrogens with two attached hydrogens (primary N) is 1. The lowest BCUT2D eigenvalue weighted by Crippen LogP contribution is -2.46. The number of piperidine rings is 1. The third kappa shape index (κ3) is 4.27. The first-order valence-electron chi connectivity index (χ1n) is 7.59. The van der Waals surface area contributed by atoms with Crippen LogP contribution in [0, 0.1) is 11.8 Å². The molecule has 3 heteroatoms. The number of nitrogens with zero attached hydrogens (tertiary/aromatic N) is 1. The summed E-state index contributed by atoms with van der Waals surface area (Å²) in [6.07, 6.45) is 6.32. The average molecular weight is 254 g/mol. The smallest absolute Gasteiger partial charge is 0.222 e. The van der Waals surface area contributed by atoms with E-state index >= 15 is 0 Å². The number of rotatable bonds is 6. The number of carbonyl (C=O) groups excluding carboxylic acids is 1. The third-order valence-corrected chi connectivity index (χ3v) is 4.61. The maximum atomic E-state index is 12.3. The van der Waals surface area contributed by atoms with Gasteiger partial charge in [0.15, 0.2) is 0 Å². The predicted molar refractivity (Wildman–Crippen MR) is 76.3 cm³/mol. The lowest BCUT2D eigenvalue weighted by Gasteiger charge is -2.38. The number of likely N-dealkylation sites (tertiary alicyclic amines) is 1. The molecular formula is C15H30N2O. The monoisotopic (exact) mass is 254 g/mol. The van der Waals surface area contributed by atoms with Gasteiger partial charge in [0.2, 0.25) is 5.91 Å². The van der Waals surface area contributed by atoms with E-state index in [0.717, 1.165) is 38.8 Å². The molecule has 0 radical (unpaired) electrons. The molecule has 0 aromatic rings. The molecule has 3 nitrogen and oxygen atoms in total. The zero-order valence-corrected chi connectivity index (χ0v) is 12.3. The molecule has 18 heavy (non-hydrogen) atoms. The van der Waals surface area contributed by atoms with Crippen molar-refractivity contribution in [3.05, 3.63) is 0 Å². The van der Waals surface area contributed by atoms with E-state index in [0.29, 0.717) is 30.2 Å². The Balaban J connectivity index is 2.39. The molecule has 106 valence electrons. The molecule has 1 aliphatic heterocycles. The van der Waals surface area contributed by atoms with E-state index in [1.54, 1.807) is 0 Å². The van der Waals surface area contributed by atoms with Crippen LogP contribution in [0.25, 0.3) is 0 Å². The Hall–Kier alpha value is -0.570. The maximum absolute atomic E-state index is 12.3. The second-order valence-corrected chi connectivity index (χ2v) is 5.84. The van der Waals surface area contributed by atoms with E-state index in [1.165, 1.54) is 6.42 Å².